The number of aromatic amines is 1. The molecule has 30 heavy (non-hydrogen) atoms. The molecule has 2 aliphatic carbocycles. The van der Waals surface area contributed by atoms with E-state index in [1.165, 1.54) is 16.8 Å². The first-order chi connectivity index (χ1) is 14.1. The number of hydrogen-bond donors (Lipinski definition) is 1. The lowest BCUT2D eigenvalue weighted by Crippen LogP contribution is -2.45. The lowest BCUT2D eigenvalue weighted by molar-refractivity contribution is -0.118. The van der Waals surface area contributed by atoms with Crippen LogP contribution in [0.4, 0.5) is 0 Å². The lowest BCUT2D eigenvalue weighted by Gasteiger charge is -2.48. The van der Waals surface area contributed by atoms with E-state index < -0.39 is 5.41 Å². The number of ether oxygens (including phenoxy) is 1. The minimum absolute atomic E-state index is 0.00750. The molecule has 1 aromatic carbocycles. The molecule has 3 aliphatic rings. The summed E-state index contributed by atoms with van der Waals surface area (Å²) in [6.45, 7) is 11.8. The van der Waals surface area contributed by atoms with Gasteiger partial charge in [0.15, 0.2) is 5.78 Å². The Labute approximate surface area is 179 Å². The van der Waals surface area contributed by atoms with Crippen LogP contribution < -0.4 is 4.74 Å². The number of Topliss-reactive ketones (excluding diaryl/α,β-unsaturated/α-hetero) is 1. The van der Waals surface area contributed by atoms with Crippen molar-refractivity contribution in [2.75, 3.05) is 6.61 Å². The summed E-state index contributed by atoms with van der Waals surface area (Å²) < 4.78 is 6.07. The Bertz CT molecular complexity index is 1070. The van der Waals surface area contributed by atoms with Crippen molar-refractivity contribution in [1.29, 1.82) is 0 Å². The zero-order valence-electron chi connectivity index (χ0n) is 18.8. The van der Waals surface area contributed by atoms with E-state index in [2.05, 4.69) is 51.9 Å². The van der Waals surface area contributed by atoms with E-state index in [9.17, 15) is 4.79 Å². The lowest BCUT2D eigenvalue weighted by atomic mass is 9.55. The second-order valence-electron chi connectivity index (χ2n) is 11.4. The summed E-state index contributed by atoms with van der Waals surface area (Å²) >= 11 is 0. The van der Waals surface area contributed by atoms with Gasteiger partial charge >= 0.3 is 0 Å². The van der Waals surface area contributed by atoms with Gasteiger partial charge in [-0.15, -0.1) is 0 Å². The smallest absolute Gasteiger partial charge is 0.160 e. The van der Waals surface area contributed by atoms with Crippen LogP contribution in [0.3, 0.4) is 0 Å². The number of ketones is 1. The normalized spacial score (nSPS) is 24.9. The molecule has 1 N–H and O–H groups in total. The molecule has 0 saturated heterocycles. The van der Waals surface area contributed by atoms with Crippen molar-refractivity contribution in [2.24, 2.45) is 10.8 Å². The van der Waals surface area contributed by atoms with E-state index in [-0.39, 0.29) is 10.8 Å². The van der Waals surface area contributed by atoms with Crippen molar-refractivity contribution in [3.63, 3.8) is 0 Å². The molecule has 0 fully saturated rings. The van der Waals surface area contributed by atoms with Crippen LogP contribution in [0.25, 0.3) is 0 Å². The fourth-order valence-corrected chi connectivity index (χ4v) is 6.07. The zero-order valence-corrected chi connectivity index (χ0v) is 18.8. The highest BCUT2D eigenvalue weighted by atomic mass is 16.5. The zero-order chi connectivity index (χ0) is 21.3. The number of nitrogens with one attached hydrogen (secondary N) is 1. The molecule has 4 heteroatoms. The van der Waals surface area contributed by atoms with Crippen LogP contribution in [-0.4, -0.2) is 22.6 Å². The van der Waals surface area contributed by atoms with Crippen LogP contribution in [0, 0.1) is 10.8 Å². The Balaban J connectivity index is 1.82. The number of benzene rings is 1. The molecule has 1 aromatic heterocycles. The monoisotopic (exact) mass is 404 g/mol. The molecule has 4 nitrogen and oxygen atoms in total. The molecule has 2 heterocycles. The van der Waals surface area contributed by atoms with Gasteiger partial charge in [0.05, 0.1) is 17.7 Å². The number of para-hydroxylation sites is 1. The number of hydrogen-bond acceptors (Lipinski definition) is 3. The first-order valence-electron chi connectivity index (χ1n) is 11.2. The third kappa shape index (κ3) is 2.87. The first kappa shape index (κ1) is 19.6. The Kier molecular flexibility index (Phi) is 4.13. The number of nitrogens with zero attached hydrogens (tertiary/aromatic N) is 1. The van der Waals surface area contributed by atoms with Crippen molar-refractivity contribution in [1.82, 2.24) is 10.2 Å². The largest absolute Gasteiger partial charge is 0.493 e. The quantitative estimate of drug-likeness (QED) is 0.701. The summed E-state index contributed by atoms with van der Waals surface area (Å²) in [4.78, 5) is 13.7. The summed E-state index contributed by atoms with van der Waals surface area (Å²) in [5.41, 5.74) is 6.70. The number of fused-ring (bicyclic) bond motifs is 5. The molecule has 1 atom stereocenters. The highest BCUT2D eigenvalue weighted by Gasteiger charge is 2.53. The molecular formula is C26H32N2O2. The molecule has 0 amide bonds. The molecule has 2 aromatic rings. The van der Waals surface area contributed by atoms with Gasteiger partial charge in [0.2, 0.25) is 0 Å². The number of carbonyl (C=O) groups is 1. The average Bonchev–Trinajstić information content (AvgIpc) is 3.02. The number of aromatic nitrogens is 2. The van der Waals surface area contributed by atoms with Gasteiger partial charge in [-0.25, -0.2) is 0 Å². The van der Waals surface area contributed by atoms with E-state index in [1.54, 1.807) is 0 Å². The van der Waals surface area contributed by atoms with Gasteiger partial charge in [-0.1, -0.05) is 58.4 Å². The SMILES string of the molecule is CC(C)(C)Cc1n[nH]c2c1[C@@]1(CCOc3ccccc31)C1=C(C2)CC(C)(C)CC1=O. The van der Waals surface area contributed by atoms with Crippen LogP contribution in [0.5, 0.6) is 5.75 Å². The fraction of sp³-hybridized carbons (Fsp3) is 0.538. The Morgan fingerprint density at radius 2 is 1.93 bits per heavy atom. The van der Waals surface area contributed by atoms with E-state index in [4.69, 9.17) is 9.84 Å². The summed E-state index contributed by atoms with van der Waals surface area (Å²) in [5.74, 6) is 1.22. The van der Waals surface area contributed by atoms with Crippen molar-refractivity contribution in [3.8, 4) is 5.75 Å². The highest BCUT2D eigenvalue weighted by molar-refractivity contribution is 6.02. The maximum absolute atomic E-state index is 13.7. The van der Waals surface area contributed by atoms with Crippen LogP contribution in [-0.2, 0) is 23.1 Å². The molecule has 5 rings (SSSR count). The summed E-state index contributed by atoms with van der Waals surface area (Å²) in [6.07, 6.45) is 4.05. The maximum Gasteiger partial charge on any atom is 0.160 e. The molecule has 158 valence electrons. The number of allylic oxidation sites excluding steroid dienone is 2. The highest BCUT2D eigenvalue weighted by Crippen LogP contribution is 2.57. The predicted molar refractivity (Wildman–Crippen MR) is 118 cm³/mol. The third-order valence-corrected chi connectivity index (χ3v) is 6.90. The van der Waals surface area contributed by atoms with Crippen molar-refractivity contribution < 1.29 is 9.53 Å². The van der Waals surface area contributed by atoms with Crippen molar-refractivity contribution in [2.45, 2.75) is 72.1 Å². The van der Waals surface area contributed by atoms with Crippen LogP contribution in [0.1, 0.15) is 76.4 Å². The summed E-state index contributed by atoms with van der Waals surface area (Å²) in [5, 5.41) is 8.21. The summed E-state index contributed by atoms with van der Waals surface area (Å²) in [7, 11) is 0. The van der Waals surface area contributed by atoms with E-state index in [0.29, 0.717) is 18.8 Å². The van der Waals surface area contributed by atoms with E-state index in [1.807, 2.05) is 12.1 Å². The third-order valence-electron chi connectivity index (χ3n) is 6.90. The Hall–Kier alpha value is -2.36. The topological polar surface area (TPSA) is 55.0 Å². The number of carbonyl (C=O) groups excluding carboxylic acids is 1. The van der Waals surface area contributed by atoms with Crippen LogP contribution >= 0.6 is 0 Å². The Morgan fingerprint density at radius 3 is 2.70 bits per heavy atom. The van der Waals surface area contributed by atoms with Crippen LogP contribution in [0.2, 0.25) is 0 Å². The first-order valence-corrected chi connectivity index (χ1v) is 11.2. The van der Waals surface area contributed by atoms with Crippen molar-refractivity contribution >= 4 is 5.78 Å². The van der Waals surface area contributed by atoms with Gasteiger partial charge in [0.1, 0.15) is 5.75 Å². The molecule has 1 spiro atoms. The minimum Gasteiger partial charge on any atom is -0.493 e. The second-order valence-corrected chi connectivity index (χ2v) is 11.4. The van der Waals surface area contributed by atoms with Crippen molar-refractivity contribution in [3.05, 3.63) is 57.9 Å². The van der Waals surface area contributed by atoms with Gasteiger partial charge < -0.3 is 4.74 Å². The maximum atomic E-state index is 13.7. The van der Waals surface area contributed by atoms with Gasteiger partial charge in [-0.2, -0.15) is 5.10 Å². The predicted octanol–water partition coefficient (Wildman–Crippen LogP) is 5.31. The van der Waals surface area contributed by atoms with Gasteiger partial charge in [-0.05, 0) is 36.2 Å². The molecule has 0 saturated carbocycles. The Morgan fingerprint density at radius 1 is 1.17 bits per heavy atom. The fourth-order valence-electron chi connectivity index (χ4n) is 6.07. The molecule has 1 aliphatic heterocycles. The summed E-state index contributed by atoms with van der Waals surface area (Å²) in [6, 6.07) is 8.30. The average molecular weight is 405 g/mol. The van der Waals surface area contributed by atoms with Gasteiger partial charge in [-0.3, -0.25) is 9.89 Å². The van der Waals surface area contributed by atoms with E-state index in [0.717, 1.165) is 48.3 Å². The van der Waals surface area contributed by atoms with Gasteiger partial charge in [0.25, 0.3) is 0 Å². The molecule has 0 radical (unpaired) electrons. The van der Waals surface area contributed by atoms with Gasteiger partial charge in [0, 0.05) is 35.2 Å². The molecule has 0 bridgehead atoms. The van der Waals surface area contributed by atoms with E-state index >= 15 is 0 Å². The minimum atomic E-state index is -0.446. The van der Waals surface area contributed by atoms with Crippen LogP contribution in [0.15, 0.2) is 35.4 Å². The number of rotatable bonds is 1. The standard InChI is InChI=1S/C26H32N2O2/c1-24(2,3)14-19-23-18(27-28-19)12-16-13-25(4,5)15-20(29)22(16)26(23)10-11-30-21-9-7-6-8-17(21)26/h6-9H,10-15H2,1-5H3,(H,27,28)/t26-/m1/s1. The molecular weight excluding hydrogens is 372 g/mol. The molecule has 0 unspecified atom stereocenters. The number of H-pyrrole nitrogens is 1. The second kappa shape index (κ2) is 6.32.